The van der Waals surface area contributed by atoms with Crippen LogP contribution in [-0.2, 0) is 9.59 Å². The summed E-state index contributed by atoms with van der Waals surface area (Å²) in [5.41, 5.74) is 2.93. The van der Waals surface area contributed by atoms with Crippen molar-refractivity contribution in [3.8, 4) is 17.0 Å². The van der Waals surface area contributed by atoms with E-state index in [1.54, 1.807) is 36.1 Å². The predicted octanol–water partition coefficient (Wildman–Crippen LogP) is 4.04. The number of hydrogen-bond acceptors (Lipinski definition) is 4. The lowest BCUT2D eigenvalue weighted by molar-refractivity contribution is -0.125. The molecular weight excluding hydrogens is 392 g/mol. The Morgan fingerprint density at radius 2 is 2.03 bits per heavy atom. The maximum absolute atomic E-state index is 12.9. The smallest absolute Gasteiger partial charge is 0.249 e. The molecule has 7 nitrogen and oxygen atoms in total. The van der Waals surface area contributed by atoms with Gasteiger partial charge in [-0.15, -0.1) is 0 Å². The van der Waals surface area contributed by atoms with Crippen LogP contribution in [0.3, 0.4) is 0 Å². The highest BCUT2D eigenvalue weighted by Gasteiger charge is 2.34. The highest BCUT2D eigenvalue weighted by Crippen LogP contribution is 2.35. The number of benzene rings is 2. The molecule has 0 saturated carbocycles. The van der Waals surface area contributed by atoms with Crippen molar-refractivity contribution in [3.05, 3.63) is 59.1 Å². The van der Waals surface area contributed by atoms with Crippen LogP contribution in [0, 0.1) is 6.92 Å². The van der Waals surface area contributed by atoms with E-state index >= 15 is 0 Å². The summed E-state index contributed by atoms with van der Waals surface area (Å²) in [5.74, 6) is 0.709. The molecule has 0 bridgehead atoms. The van der Waals surface area contributed by atoms with Crippen LogP contribution >= 0.6 is 11.6 Å². The highest BCUT2D eigenvalue weighted by molar-refractivity contribution is 6.30. The van der Waals surface area contributed by atoms with Crippen molar-refractivity contribution >= 4 is 34.9 Å². The summed E-state index contributed by atoms with van der Waals surface area (Å²) in [6.07, 6.45) is 0.00255. The summed E-state index contributed by atoms with van der Waals surface area (Å²) in [5, 5.41) is 10.8. The van der Waals surface area contributed by atoms with Crippen molar-refractivity contribution in [2.45, 2.75) is 19.4 Å². The lowest BCUT2D eigenvalue weighted by Gasteiger charge is -2.24. The first-order valence-corrected chi connectivity index (χ1v) is 9.44. The lowest BCUT2D eigenvalue weighted by atomic mass is 10.1. The minimum Gasteiger partial charge on any atom is -0.497 e. The first-order chi connectivity index (χ1) is 14.0. The fourth-order valence-corrected chi connectivity index (χ4v) is 3.55. The van der Waals surface area contributed by atoms with Crippen molar-refractivity contribution in [3.63, 3.8) is 0 Å². The number of halogens is 1. The number of ether oxygens (including phenoxy) is 1. The summed E-state index contributed by atoms with van der Waals surface area (Å²) >= 11 is 5.99. The Morgan fingerprint density at radius 1 is 1.28 bits per heavy atom. The largest absolute Gasteiger partial charge is 0.497 e. The van der Waals surface area contributed by atoms with Gasteiger partial charge in [-0.2, -0.15) is 5.10 Å². The predicted molar refractivity (Wildman–Crippen MR) is 111 cm³/mol. The van der Waals surface area contributed by atoms with Crippen molar-refractivity contribution in [1.82, 2.24) is 9.78 Å². The SMILES string of the molecule is COc1ccc(-c2nn3c(c2C)NC(=O)CC3C(=O)Nc2cccc(Cl)c2)cc1. The Kier molecular flexibility index (Phi) is 4.98. The molecule has 3 aromatic rings. The van der Waals surface area contributed by atoms with E-state index in [4.69, 9.17) is 16.3 Å². The van der Waals surface area contributed by atoms with Gasteiger partial charge in [0, 0.05) is 21.8 Å². The van der Waals surface area contributed by atoms with Crippen LogP contribution in [0.5, 0.6) is 5.75 Å². The molecule has 148 valence electrons. The first-order valence-electron chi connectivity index (χ1n) is 9.06. The van der Waals surface area contributed by atoms with Crippen LogP contribution in [0.25, 0.3) is 11.3 Å². The summed E-state index contributed by atoms with van der Waals surface area (Å²) in [4.78, 5) is 25.2. The zero-order valence-corrected chi connectivity index (χ0v) is 16.7. The number of aromatic nitrogens is 2. The second-order valence-electron chi connectivity index (χ2n) is 6.76. The molecule has 1 unspecified atom stereocenters. The molecule has 1 aliphatic heterocycles. The van der Waals surface area contributed by atoms with E-state index in [-0.39, 0.29) is 18.2 Å². The third kappa shape index (κ3) is 3.69. The third-order valence-corrected chi connectivity index (χ3v) is 5.07. The molecule has 8 heteroatoms. The number of carbonyl (C=O) groups excluding carboxylic acids is 2. The van der Waals surface area contributed by atoms with Crippen LogP contribution in [0.15, 0.2) is 48.5 Å². The number of nitrogens with zero attached hydrogens (tertiary/aromatic N) is 2. The standard InChI is InChI=1S/C21H19ClN4O3/c1-12-19(13-6-8-16(29-2)9-7-13)25-26-17(11-18(27)24-20(12)26)21(28)23-15-5-3-4-14(22)10-15/h3-10,17H,11H2,1-2H3,(H,23,28)(H,24,27). The maximum Gasteiger partial charge on any atom is 0.249 e. The van der Waals surface area contributed by atoms with Gasteiger partial charge in [0.25, 0.3) is 0 Å². The second kappa shape index (κ2) is 7.60. The van der Waals surface area contributed by atoms with Gasteiger partial charge < -0.3 is 15.4 Å². The number of hydrogen-bond donors (Lipinski definition) is 2. The van der Waals surface area contributed by atoms with Gasteiger partial charge in [0.2, 0.25) is 11.8 Å². The second-order valence-corrected chi connectivity index (χ2v) is 7.20. The number of carbonyl (C=O) groups is 2. The van der Waals surface area contributed by atoms with Gasteiger partial charge in [-0.05, 0) is 49.4 Å². The Hall–Kier alpha value is -3.32. The topological polar surface area (TPSA) is 85.2 Å². The molecule has 0 fully saturated rings. The fourth-order valence-electron chi connectivity index (χ4n) is 3.36. The zero-order chi connectivity index (χ0) is 20.5. The van der Waals surface area contributed by atoms with E-state index in [0.717, 1.165) is 16.9 Å². The number of fused-ring (bicyclic) bond motifs is 1. The van der Waals surface area contributed by atoms with Gasteiger partial charge in [0.05, 0.1) is 19.2 Å². The molecule has 0 radical (unpaired) electrons. The molecule has 1 aliphatic rings. The van der Waals surface area contributed by atoms with Crippen LogP contribution in [0.1, 0.15) is 18.0 Å². The molecule has 29 heavy (non-hydrogen) atoms. The monoisotopic (exact) mass is 410 g/mol. The van der Waals surface area contributed by atoms with Crippen LogP contribution in [-0.4, -0.2) is 28.7 Å². The number of anilines is 2. The molecule has 0 saturated heterocycles. The number of amides is 2. The number of rotatable bonds is 4. The van der Waals surface area contributed by atoms with E-state index in [9.17, 15) is 9.59 Å². The van der Waals surface area contributed by atoms with Gasteiger partial charge >= 0.3 is 0 Å². The van der Waals surface area contributed by atoms with Gasteiger partial charge in [-0.25, -0.2) is 4.68 Å². The van der Waals surface area contributed by atoms with Gasteiger partial charge in [0.15, 0.2) is 0 Å². The lowest BCUT2D eigenvalue weighted by Crippen LogP contribution is -2.35. The molecular formula is C21H19ClN4O3. The van der Waals surface area contributed by atoms with Crippen molar-refractivity contribution < 1.29 is 14.3 Å². The molecule has 1 aromatic heterocycles. The van der Waals surface area contributed by atoms with Crippen LogP contribution in [0.2, 0.25) is 5.02 Å². The molecule has 2 aromatic carbocycles. The quantitative estimate of drug-likeness (QED) is 0.679. The minimum absolute atomic E-state index is 0.00255. The van der Waals surface area contributed by atoms with Crippen molar-refractivity contribution in [2.75, 3.05) is 17.7 Å². The molecule has 0 aliphatic carbocycles. The van der Waals surface area contributed by atoms with Crippen LogP contribution in [0.4, 0.5) is 11.5 Å². The summed E-state index contributed by atoms with van der Waals surface area (Å²) < 4.78 is 6.78. The zero-order valence-electron chi connectivity index (χ0n) is 15.9. The van der Waals surface area contributed by atoms with E-state index in [1.165, 1.54) is 0 Å². The Morgan fingerprint density at radius 3 is 2.72 bits per heavy atom. The average Bonchev–Trinajstić information content (AvgIpc) is 3.04. The van der Waals surface area contributed by atoms with Gasteiger partial charge in [-0.1, -0.05) is 17.7 Å². The minimum atomic E-state index is -0.761. The fraction of sp³-hybridized carbons (Fsp3) is 0.190. The van der Waals surface area contributed by atoms with Crippen molar-refractivity contribution in [1.29, 1.82) is 0 Å². The Bertz CT molecular complexity index is 1090. The van der Waals surface area contributed by atoms with Gasteiger partial charge in [-0.3, -0.25) is 9.59 Å². The number of methoxy groups -OCH3 is 1. The molecule has 1 atom stereocenters. The van der Waals surface area contributed by atoms with E-state index in [1.807, 2.05) is 31.2 Å². The molecule has 2 amide bonds. The molecule has 2 heterocycles. The summed E-state index contributed by atoms with van der Waals surface area (Å²) in [6.45, 7) is 1.87. The highest BCUT2D eigenvalue weighted by atomic mass is 35.5. The van der Waals surface area contributed by atoms with Gasteiger partial charge in [0.1, 0.15) is 17.6 Å². The Balaban J connectivity index is 1.68. The first kappa shape index (κ1) is 19.0. The molecule has 4 rings (SSSR count). The van der Waals surface area contributed by atoms with E-state index in [0.29, 0.717) is 22.2 Å². The summed E-state index contributed by atoms with van der Waals surface area (Å²) in [7, 11) is 1.61. The van der Waals surface area contributed by atoms with E-state index in [2.05, 4.69) is 15.7 Å². The van der Waals surface area contributed by atoms with Crippen molar-refractivity contribution in [2.24, 2.45) is 0 Å². The summed E-state index contributed by atoms with van der Waals surface area (Å²) in [6, 6.07) is 13.6. The molecule has 0 spiro atoms. The number of nitrogens with one attached hydrogen (secondary N) is 2. The average molecular weight is 411 g/mol. The Labute approximate surface area is 172 Å². The van der Waals surface area contributed by atoms with Crippen LogP contribution < -0.4 is 15.4 Å². The molecule has 2 N–H and O–H groups in total. The van der Waals surface area contributed by atoms with E-state index < -0.39 is 6.04 Å². The maximum atomic E-state index is 12.9. The normalized spacial score (nSPS) is 15.4. The third-order valence-electron chi connectivity index (χ3n) is 4.84.